The monoisotopic (exact) mass is 411 g/mol. The first-order valence-electron chi connectivity index (χ1n) is 9.78. The van der Waals surface area contributed by atoms with Gasteiger partial charge < -0.3 is 19.4 Å². The number of amides is 1. The van der Waals surface area contributed by atoms with Crippen molar-refractivity contribution in [1.29, 1.82) is 0 Å². The van der Waals surface area contributed by atoms with Gasteiger partial charge in [-0.2, -0.15) is 0 Å². The Kier molecular flexibility index (Phi) is 4.91. The molecule has 3 aromatic rings. The van der Waals surface area contributed by atoms with E-state index in [1.165, 1.54) is 0 Å². The van der Waals surface area contributed by atoms with Gasteiger partial charge in [0.25, 0.3) is 5.91 Å². The first-order chi connectivity index (χ1) is 14.2. The molecule has 0 saturated carbocycles. The van der Waals surface area contributed by atoms with Crippen molar-refractivity contribution in [2.24, 2.45) is 0 Å². The molecule has 3 heterocycles. The number of hydrogen-bond donors (Lipinski definition) is 1. The predicted molar refractivity (Wildman–Crippen MR) is 111 cm³/mol. The summed E-state index contributed by atoms with van der Waals surface area (Å²) in [7, 11) is 0. The number of ether oxygens (including phenoxy) is 2. The Labute approximate surface area is 173 Å². The van der Waals surface area contributed by atoms with Crippen LogP contribution in [-0.2, 0) is 17.9 Å². The zero-order chi connectivity index (χ0) is 19.8. The van der Waals surface area contributed by atoms with Gasteiger partial charge in [0, 0.05) is 59.8 Å². The summed E-state index contributed by atoms with van der Waals surface area (Å²) in [5.74, 6) is 0.943. The maximum absolute atomic E-state index is 12.9. The van der Waals surface area contributed by atoms with Gasteiger partial charge in [-0.05, 0) is 24.3 Å². The summed E-state index contributed by atoms with van der Waals surface area (Å²) >= 11 is 6.28. The number of carbonyl (C=O) groups is 1. The highest BCUT2D eigenvalue weighted by atomic mass is 35.5. The maximum atomic E-state index is 12.9. The second kappa shape index (κ2) is 7.71. The molecular weight excluding hydrogens is 390 g/mol. The van der Waals surface area contributed by atoms with Crippen LogP contribution in [0.3, 0.4) is 0 Å². The van der Waals surface area contributed by atoms with E-state index in [2.05, 4.69) is 9.88 Å². The standard InChI is InChI=1S/C22H22ClN3O3/c23-18-9-16(21-17(10-18)13-28-14-29-21)12-25-5-7-26(8-6-25)22(27)20-11-15-3-1-2-4-19(15)24-20/h1-4,9-11,24H,5-8,12-14H2. The van der Waals surface area contributed by atoms with Crippen molar-refractivity contribution in [2.45, 2.75) is 13.2 Å². The number of aromatic nitrogens is 1. The van der Waals surface area contributed by atoms with Gasteiger partial charge in [0.1, 0.15) is 11.4 Å². The van der Waals surface area contributed by atoms with Crippen molar-refractivity contribution < 1.29 is 14.3 Å². The van der Waals surface area contributed by atoms with Crippen LogP contribution in [0.15, 0.2) is 42.5 Å². The number of hydrogen-bond acceptors (Lipinski definition) is 4. The van der Waals surface area contributed by atoms with Gasteiger partial charge in [0.05, 0.1) is 6.61 Å². The van der Waals surface area contributed by atoms with Crippen LogP contribution in [0.2, 0.25) is 5.02 Å². The summed E-state index contributed by atoms with van der Waals surface area (Å²) in [5, 5.41) is 1.75. The molecule has 1 amide bonds. The number of benzene rings is 2. The zero-order valence-electron chi connectivity index (χ0n) is 16.0. The van der Waals surface area contributed by atoms with Crippen LogP contribution >= 0.6 is 11.6 Å². The van der Waals surface area contributed by atoms with Crippen LogP contribution in [0.4, 0.5) is 0 Å². The number of nitrogens with zero attached hydrogens (tertiary/aromatic N) is 2. The largest absolute Gasteiger partial charge is 0.467 e. The smallest absolute Gasteiger partial charge is 0.270 e. The van der Waals surface area contributed by atoms with Gasteiger partial charge in [-0.25, -0.2) is 0 Å². The number of para-hydroxylation sites is 1. The Balaban J connectivity index is 1.25. The average molecular weight is 412 g/mol. The fourth-order valence-corrected chi connectivity index (χ4v) is 4.35. The molecule has 0 atom stereocenters. The summed E-state index contributed by atoms with van der Waals surface area (Å²) < 4.78 is 11.1. The van der Waals surface area contributed by atoms with Crippen LogP contribution < -0.4 is 4.74 Å². The SMILES string of the molecule is O=C(c1cc2ccccc2[nH]1)N1CCN(Cc2cc(Cl)cc3c2OCOC3)CC1. The molecule has 1 N–H and O–H groups in total. The number of halogens is 1. The Morgan fingerprint density at radius 2 is 1.93 bits per heavy atom. The van der Waals surface area contributed by atoms with Crippen LogP contribution in [-0.4, -0.2) is 53.7 Å². The number of piperazine rings is 1. The Hall–Kier alpha value is -2.54. The van der Waals surface area contributed by atoms with Crippen molar-refractivity contribution in [3.8, 4) is 5.75 Å². The Morgan fingerprint density at radius 1 is 1.10 bits per heavy atom. The van der Waals surface area contributed by atoms with E-state index in [0.717, 1.165) is 47.4 Å². The van der Waals surface area contributed by atoms with E-state index in [9.17, 15) is 4.79 Å². The lowest BCUT2D eigenvalue weighted by Gasteiger charge is -2.35. The third kappa shape index (κ3) is 3.71. The molecule has 2 aromatic carbocycles. The molecule has 1 saturated heterocycles. The molecule has 0 bridgehead atoms. The maximum Gasteiger partial charge on any atom is 0.270 e. The highest BCUT2D eigenvalue weighted by molar-refractivity contribution is 6.30. The first kappa shape index (κ1) is 18.5. The van der Waals surface area contributed by atoms with Crippen molar-refractivity contribution in [1.82, 2.24) is 14.8 Å². The lowest BCUT2D eigenvalue weighted by atomic mass is 10.1. The quantitative estimate of drug-likeness (QED) is 0.714. The zero-order valence-corrected chi connectivity index (χ0v) is 16.7. The van der Waals surface area contributed by atoms with Crippen molar-refractivity contribution >= 4 is 28.4 Å². The lowest BCUT2D eigenvalue weighted by Crippen LogP contribution is -2.48. The molecule has 29 heavy (non-hydrogen) atoms. The van der Waals surface area contributed by atoms with Crippen LogP contribution in [0.5, 0.6) is 5.75 Å². The normalized spacial score (nSPS) is 17.2. The summed E-state index contributed by atoms with van der Waals surface area (Å²) in [4.78, 5) is 20.4. The number of carbonyl (C=O) groups excluding carboxylic acids is 1. The topological polar surface area (TPSA) is 57.8 Å². The molecule has 1 aromatic heterocycles. The van der Waals surface area contributed by atoms with E-state index in [1.54, 1.807) is 0 Å². The highest BCUT2D eigenvalue weighted by Gasteiger charge is 2.25. The number of rotatable bonds is 3. The predicted octanol–water partition coefficient (Wildman–Crippen LogP) is 3.65. The van der Waals surface area contributed by atoms with E-state index in [4.69, 9.17) is 21.1 Å². The van der Waals surface area contributed by atoms with Gasteiger partial charge in [0.15, 0.2) is 6.79 Å². The minimum absolute atomic E-state index is 0.0569. The Bertz CT molecular complexity index is 1020. The molecule has 2 aliphatic rings. The molecule has 7 heteroatoms. The second-order valence-electron chi connectivity index (χ2n) is 7.50. The average Bonchev–Trinajstić information content (AvgIpc) is 3.18. The fourth-order valence-electron chi connectivity index (χ4n) is 4.08. The Morgan fingerprint density at radius 3 is 2.76 bits per heavy atom. The van der Waals surface area contributed by atoms with Crippen molar-refractivity contribution in [3.63, 3.8) is 0 Å². The molecule has 6 nitrogen and oxygen atoms in total. The molecule has 2 aliphatic heterocycles. The minimum Gasteiger partial charge on any atom is -0.467 e. The van der Waals surface area contributed by atoms with Gasteiger partial charge in [-0.15, -0.1) is 0 Å². The summed E-state index contributed by atoms with van der Waals surface area (Å²) in [6.45, 7) is 4.55. The fraction of sp³-hybridized carbons (Fsp3) is 0.318. The molecule has 0 aliphatic carbocycles. The van der Waals surface area contributed by atoms with Gasteiger partial charge >= 0.3 is 0 Å². The van der Waals surface area contributed by atoms with Crippen LogP contribution in [0.25, 0.3) is 10.9 Å². The van der Waals surface area contributed by atoms with Gasteiger partial charge in [-0.1, -0.05) is 29.8 Å². The number of H-pyrrole nitrogens is 1. The van der Waals surface area contributed by atoms with Crippen molar-refractivity contribution in [3.05, 3.63) is 64.3 Å². The third-order valence-electron chi connectivity index (χ3n) is 5.57. The minimum atomic E-state index is 0.0569. The van der Waals surface area contributed by atoms with Crippen LogP contribution in [0.1, 0.15) is 21.6 Å². The molecular formula is C22H22ClN3O3. The molecule has 1 fully saturated rings. The molecule has 0 unspecified atom stereocenters. The third-order valence-corrected chi connectivity index (χ3v) is 5.78. The van der Waals surface area contributed by atoms with E-state index in [0.29, 0.717) is 30.4 Å². The lowest BCUT2D eigenvalue weighted by molar-refractivity contribution is -0.0176. The van der Waals surface area contributed by atoms with Crippen molar-refractivity contribution in [2.75, 3.05) is 33.0 Å². The molecule has 150 valence electrons. The first-order valence-corrected chi connectivity index (χ1v) is 10.2. The molecule has 0 radical (unpaired) electrons. The molecule has 0 spiro atoms. The van der Waals surface area contributed by atoms with E-state index in [1.807, 2.05) is 47.4 Å². The summed E-state index contributed by atoms with van der Waals surface area (Å²) in [6.07, 6.45) is 0. The van der Waals surface area contributed by atoms with E-state index in [-0.39, 0.29) is 12.7 Å². The number of fused-ring (bicyclic) bond motifs is 2. The van der Waals surface area contributed by atoms with E-state index < -0.39 is 0 Å². The second-order valence-corrected chi connectivity index (χ2v) is 7.94. The van der Waals surface area contributed by atoms with Crippen LogP contribution in [0, 0.1) is 0 Å². The summed E-state index contributed by atoms with van der Waals surface area (Å²) in [5.41, 5.74) is 3.71. The number of nitrogens with one attached hydrogen (secondary N) is 1. The van der Waals surface area contributed by atoms with Gasteiger partial charge in [-0.3, -0.25) is 9.69 Å². The van der Waals surface area contributed by atoms with Gasteiger partial charge in [0.2, 0.25) is 0 Å². The number of aromatic amines is 1. The van der Waals surface area contributed by atoms with E-state index >= 15 is 0 Å². The summed E-state index contributed by atoms with van der Waals surface area (Å²) in [6, 6.07) is 13.7. The highest BCUT2D eigenvalue weighted by Crippen LogP contribution is 2.32. The molecule has 5 rings (SSSR count).